The molecule has 0 spiro atoms. The van der Waals surface area contributed by atoms with Crippen molar-refractivity contribution in [3.8, 4) is 17.2 Å². The number of nitrogens with zero attached hydrogens (tertiary/aromatic N) is 2. The highest BCUT2D eigenvalue weighted by Gasteiger charge is 2.37. The second kappa shape index (κ2) is 8.86. The normalized spacial score (nSPS) is 15.9. The van der Waals surface area contributed by atoms with Crippen LogP contribution < -0.4 is 19.1 Å². The van der Waals surface area contributed by atoms with Gasteiger partial charge in [-0.3, -0.25) is 9.59 Å². The summed E-state index contributed by atoms with van der Waals surface area (Å²) in [6.45, 7) is 0.773. The third-order valence-corrected chi connectivity index (χ3v) is 5.08. The number of methoxy groups -OCH3 is 3. The summed E-state index contributed by atoms with van der Waals surface area (Å²) in [4.78, 5) is 28.8. The Morgan fingerprint density at radius 2 is 1.79 bits per heavy atom. The van der Waals surface area contributed by atoms with Crippen molar-refractivity contribution in [2.45, 2.75) is 13.0 Å². The molecule has 2 aromatic carbocycles. The van der Waals surface area contributed by atoms with E-state index in [9.17, 15) is 9.59 Å². The number of hydrogen-bond acceptors (Lipinski definition) is 5. The zero-order valence-electron chi connectivity index (χ0n) is 17.2. The van der Waals surface area contributed by atoms with Crippen LogP contribution in [0.2, 0.25) is 0 Å². The number of rotatable bonds is 7. The molecule has 29 heavy (non-hydrogen) atoms. The highest BCUT2D eigenvalue weighted by molar-refractivity contribution is 6.01. The smallest absolute Gasteiger partial charge is 0.228 e. The molecule has 7 heteroatoms. The summed E-state index contributed by atoms with van der Waals surface area (Å²) in [5, 5.41) is 0. The molecule has 1 aliphatic heterocycles. The van der Waals surface area contributed by atoms with E-state index in [-0.39, 0.29) is 18.2 Å². The zero-order chi connectivity index (χ0) is 21.0. The van der Waals surface area contributed by atoms with Crippen LogP contribution in [-0.2, 0) is 16.1 Å². The van der Waals surface area contributed by atoms with Gasteiger partial charge < -0.3 is 24.0 Å². The molecule has 1 atom stereocenters. The summed E-state index contributed by atoms with van der Waals surface area (Å²) < 4.78 is 15.9. The highest BCUT2D eigenvalue weighted by atomic mass is 16.5. The van der Waals surface area contributed by atoms with Crippen LogP contribution >= 0.6 is 0 Å². The van der Waals surface area contributed by atoms with Crippen molar-refractivity contribution in [2.24, 2.45) is 5.92 Å². The Labute approximate surface area is 170 Å². The van der Waals surface area contributed by atoms with E-state index in [1.165, 1.54) is 0 Å². The van der Waals surface area contributed by atoms with Crippen molar-refractivity contribution < 1.29 is 23.8 Å². The Bertz CT molecular complexity index is 899. The van der Waals surface area contributed by atoms with Crippen LogP contribution in [0.4, 0.5) is 5.69 Å². The summed E-state index contributed by atoms with van der Waals surface area (Å²) in [7, 11) is 6.48. The molecule has 0 aromatic heterocycles. The fraction of sp³-hybridized carbons (Fsp3) is 0.364. The Morgan fingerprint density at radius 1 is 1.07 bits per heavy atom. The van der Waals surface area contributed by atoms with Gasteiger partial charge in [0.25, 0.3) is 0 Å². The minimum atomic E-state index is -0.398. The predicted molar refractivity (Wildman–Crippen MR) is 109 cm³/mol. The summed E-state index contributed by atoms with van der Waals surface area (Å²) in [5.74, 6) is 1.37. The summed E-state index contributed by atoms with van der Waals surface area (Å²) in [6.07, 6.45) is 0.177. The zero-order valence-corrected chi connectivity index (χ0v) is 17.2. The highest BCUT2D eigenvalue weighted by Crippen LogP contribution is 2.36. The number of carbonyl (C=O) groups is 2. The molecule has 0 saturated carbocycles. The van der Waals surface area contributed by atoms with Gasteiger partial charge in [-0.15, -0.1) is 0 Å². The van der Waals surface area contributed by atoms with Crippen LogP contribution in [0.3, 0.4) is 0 Å². The van der Waals surface area contributed by atoms with Crippen molar-refractivity contribution in [1.82, 2.24) is 4.90 Å². The van der Waals surface area contributed by atoms with E-state index < -0.39 is 5.92 Å². The average Bonchev–Trinajstić information content (AvgIpc) is 3.13. The van der Waals surface area contributed by atoms with Crippen molar-refractivity contribution in [3.63, 3.8) is 0 Å². The molecule has 1 saturated heterocycles. The Kier molecular flexibility index (Phi) is 6.26. The van der Waals surface area contributed by atoms with Gasteiger partial charge in [0.15, 0.2) is 0 Å². The molecule has 154 valence electrons. The predicted octanol–water partition coefficient (Wildman–Crippen LogP) is 2.72. The molecular formula is C22H26N2O5. The van der Waals surface area contributed by atoms with Gasteiger partial charge in [-0.2, -0.15) is 0 Å². The van der Waals surface area contributed by atoms with Gasteiger partial charge in [-0.05, 0) is 29.8 Å². The molecule has 7 nitrogen and oxygen atoms in total. The first-order valence-electron chi connectivity index (χ1n) is 9.37. The maximum absolute atomic E-state index is 12.9. The first-order chi connectivity index (χ1) is 14.0. The Morgan fingerprint density at radius 3 is 2.48 bits per heavy atom. The molecule has 0 aliphatic carbocycles. The molecule has 1 fully saturated rings. The second-order valence-electron chi connectivity index (χ2n) is 6.99. The average molecular weight is 398 g/mol. The minimum Gasteiger partial charge on any atom is -0.497 e. The lowest BCUT2D eigenvalue weighted by Gasteiger charge is -2.22. The monoisotopic (exact) mass is 398 g/mol. The molecule has 0 bridgehead atoms. The van der Waals surface area contributed by atoms with Crippen LogP contribution in [0.5, 0.6) is 17.2 Å². The maximum atomic E-state index is 12.9. The van der Waals surface area contributed by atoms with E-state index >= 15 is 0 Å². The summed E-state index contributed by atoms with van der Waals surface area (Å²) >= 11 is 0. The molecular weight excluding hydrogens is 372 g/mol. The number of anilines is 1. The lowest BCUT2D eigenvalue weighted by atomic mass is 10.1. The van der Waals surface area contributed by atoms with Gasteiger partial charge in [0.2, 0.25) is 11.8 Å². The van der Waals surface area contributed by atoms with E-state index in [4.69, 9.17) is 14.2 Å². The molecule has 0 N–H and O–H groups in total. The van der Waals surface area contributed by atoms with Gasteiger partial charge in [0.05, 0.1) is 32.9 Å². The molecule has 2 amide bonds. The van der Waals surface area contributed by atoms with Crippen LogP contribution in [0, 0.1) is 5.92 Å². The lowest BCUT2D eigenvalue weighted by Crippen LogP contribution is -2.34. The largest absolute Gasteiger partial charge is 0.497 e. The quantitative estimate of drug-likeness (QED) is 0.717. The van der Waals surface area contributed by atoms with Crippen molar-refractivity contribution in [1.29, 1.82) is 0 Å². The van der Waals surface area contributed by atoms with Crippen LogP contribution in [0.15, 0.2) is 42.5 Å². The number of benzene rings is 2. The minimum absolute atomic E-state index is 0.0591. The topological polar surface area (TPSA) is 68.3 Å². The van der Waals surface area contributed by atoms with Crippen LogP contribution in [-0.4, -0.2) is 51.6 Å². The Balaban J connectivity index is 1.71. The van der Waals surface area contributed by atoms with E-state index in [2.05, 4.69) is 0 Å². The van der Waals surface area contributed by atoms with Crippen LogP contribution in [0.25, 0.3) is 0 Å². The number of carbonyl (C=O) groups excluding carboxylic acids is 2. The first kappa shape index (κ1) is 20.5. The Hall–Kier alpha value is -3.22. The van der Waals surface area contributed by atoms with Crippen molar-refractivity contribution in [2.75, 3.05) is 39.8 Å². The van der Waals surface area contributed by atoms with Gasteiger partial charge in [0.1, 0.15) is 17.2 Å². The van der Waals surface area contributed by atoms with E-state index in [0.717, 1.165) is 11.3 Å². The van der Waals surface area contributed by atoms with Crippen molar-refractivity contribution in [3.05, 3.63) is 48.0 Å². The van der Waals surface area contributed by atoms with Crippen molar-refractivity contribution >= 4 is 17.5 Å². The molecule has 3 rings (SSSR count). The third kappa shape index (κ3) is 4.45. The SMILES string of the molecule is COc1cccc(CN(C)C(=O)[C@@H]2CC(=O)N(c3ccc(OC)cc3OC)C2)c1. The molecule has 0 unspecified atom stereocenters. The molecule has 1 aliphatic rings. The molecule has 0 radical (unpaired) electrons. The van der Waals surface area contributed by atoms with E-state index in [1.807, 2.05) is 24.3 Å². The lowest BCUT2D eigenvalue weighted by molar-refractivity contribution is -0.135. The number of amides is 2. The van der Waals surface area contributed by atoms with Crippen LogP contribution in [0.1, 0.15) is 12.0 Å². The molecule has 2 aromatic rings. The number of ether oxygens (including phenoxy) is 3. The third-order valence-electron chi connectivity index (χ3n) is 5.08. The van der Waals surface area contributed by atoms with Gasteiger partial charge in [0, 0.05) is 32.6 Å². The van der Waals surface area contributed by atoms with E-state index in [1.54, 1.807) is 56.4 Å². The van der Waals surface area contributed by atoms with Gasteiger partial charge in [-0.25, -0.2) is 0 Å². The van der Waals surface area contributed by atoms with Gasteiger partial charge >= 0.3 is 0 Å². The maximum Gasteiger partial charge on any atom is 0.228 e. The summed E-state index contributed by atoms with van der Waals surface area (Å²) in [6, 6.07) is 12.9. The molecule has 1 heterocycles. The number of hydrogen-bond donors (Lipinski definition) is 0. The van der Waals surface area contributed by atoms with Gasteiger partial charge in [-0.1, -0.05) is 12.1 Å². The fourth-order valence-electron chi connectivity index (χ4n) is 3.55. The van der Waals surface area contributed by atoms with E-state index in [0.29, 0.717) is 30.3 Å². The standard InChI is InChI=1S/C22H26N2O5/c1-23(13-15-6-5-7-17(10-15)27-2)22(26)16-11-21(25)24(14-16)19-9-8-18(28-3)12-20(19)29-4/h5-10,12,16H,11,13-14H2,1-4H3/t16-/m1/s1. The fourth-order valence-corrected chi connectivity index (χ4v) is 3.55. The first-order valence-corrected chi connectivity index (χ1v) is 9.37. The summed E-state index contributed by atoms with van der Waals surface area (Å²) in [5.41, 5.74) is 1.61. The second-order valence-corrected chi connectivity index (χ2v) is 6.99.